The summed E-state index contributed by atoms with van der Waals surface area (Å²) in [6.07, 6.45) is 0.607. The second kappa shape index (κ2) is 4.03. The van der Waals surface area contributed by atoms with Crippen molar-refractivity contribution in [3.63, 3.8) is 0 Å². The van der Waals surface area contributed by atoms with Crippen LogP contribution in [0.25, 0.3) is 0 Å². The molecular weight excluding hydrogens is 190 g/mol. The van der Waals surface area contributed by atoms with Crippen molar-refractivity contribution >= 4 is 5.78 Å². The standard InChI is InChI=1S/C12H15NO2/c1-13-6-5-12(14)11-4-3-10(15-2)7-9(11)8-13/h3-4,7H,5-6,8H2,1-2H3. The molecule has 0 amide bonds. The molecule has 1 aliphatic rings. The number of Topliss-reactive ketones (excluding diaryl/α,β-unsaturated/α-hetero) is 1. The summed E-state index contributed by atoms with van der Waals surface area (Å²) in [5.74, 6) is 1.05. The average Bonchev–Trinajstić information content (AvgIpc) is 2.38. The minimum absolute atomic E-state index is 0.233. The molecule has 1 aromatic carbocycles. The Morgan fingerprint density at radius 1 is 1.40 bits per heavy atom. The van der Waals surface area contributed by atoms with Gasteiger partial charge in [-0.25, -0.2) is 0 Å². The number of ether oxygens (including phenoxy) is 1. The lowest BCUT2D eigenvalue weighted by Gasteiger charge is -2.13. The average molecular weight is 205 g/mol. The molecule has 0 aromatic heterocycles. The Morgan fingerprint density at radius 2 is 2.20 bits per heavy atom. The minimum atomic E-state index is 0.233. The van der Waals surface area contributed by atoms with Crippen molar-refractivity contribution in [1.29, 1.82) is 0 Å². The van der Waals surface area contributed by atoms with E-state index in [4.69, 9.17) is 4.74 Å². The van der Waals surface area contributed by atoms with Crippen LogP contribution in [0.3, 0.4) is 0 Å². The highest BCUT2D eigenvalue weighted by Gasteiger charge is 2.18. The molecule has 80 valence electrons. The maximum atomic E-state index is 11.8. The second-order valence-corrected chi connectivity index (χ2v) is 3.93. The molecule has 1 heterocycles. The van der Waals surface area contributed by atoms with E-state index in [-0.39, 0.29) is 5.78 Å². The van der Waals surface area contributed by atoms with Crippen LogP contribution in [-0.4, -0.2) is 31.4 Å². The normalized spacial score (nSPS) is 17.1. The number of fused-ring (bicyclic) bond motifs is 1. The molecule has 0 bridgehead atoms. The Labute approximate surface area is 89.7 Å². The molecule has 0 saturated carbocycles. The molecule has 3 heteroatoms. The van der Waals surface area contributed by atoms with E-state index in [1.54, 1.807) is 7.11 Å². The summed E-state index contributed by atoms with van der Waals surface area (Å²) < 4.78 is 5.16. The van der Waals surface area contributed by atoms with E-state index in [0.29, 0.717) is 6.42 Å². The number of rotatable bonds is 1. The molecule has 1 aliphatic heterocycles. The number of hydrogen-bond acceptors (Lipinski definition) is 3. The first-order chi connectivity index (χ1) is 7.20. The van der Waals surface area contributed by atoms with Crippen LogP contribution in [-0.2, 0) is 6.54 Å². The van der Waals surface area contributed by atoms with Crippen LogP contribution < -0.4 is 4.74 Å². The smallest absolute Gasteiger partial charge is 0.164 e. The van der Waals surface area contributed by atoms with Crippen molar-refractivity contribution in [2.24, 2.45) is 0 Å². The van der Waals surface area contributed by atoms with Crippen LogP contribution in [0.1, 0.15) is 22.3 Å². The molecule has 0 fully saturated rings. The first-order valence-electron chi connectivity index (χ1n) is 5.09. The fourth-order valence-corrected chi connectivity index (χ4v) is 1.90. The largest absolute Gasteiger partial charge is 0.497 e. The van der Waals surface area contributed by atoms with Gasteiger partial charge in [-0.05, 0) is 30.8 Å². The third-order valence-electron chi connectivity index (χ3n) is 2.77. The predicted molar refractivity (Wildman–Crippen MR) is 58.3 cm³/mol. The summed E-state index contributed by atoms with van der Waals surface area (Å²) in [5, 5.41) is 0. The zero-order valence-electron chi connectivity index (χ0n) is 9.12. The zero-order chi connectivity index (χ0) is 10.8. The number of methoxy groups -OCH3 is 1. The molecule has 0 N–H and O–H groups in total. The molecule has 3 nitrogen and oxygen atoms in total. The van der Waals surface area contributed by atoms with Gasteiger partial charge in [-0.2, -0.15) is 0 Å². The predicted octanol–water partition coefficient (Wildman–Crippen LogP) is 1.71. The Kier molecular flexibility index (Phi) is 2.73. The highest BCUT2D eigenvalue weighted by Crippen LogP contribution is 2.22. The number of benzene rings is 1. The lowest BCUT2D eigenvalue weighted by molar-refractivity contribution is 0.0976. The SMILES string of the molecule is COc1ccc2c(c1)CN(C)CCC2=O. The number of carbonyl (C=O) groups is 1. The van der Waals surface area contributed by atoms with Gasteiger partial charge in [0, 0.05) is 25.1 Å². The maximum Gasteiger partial charge on any atom is 0.164 e. The maximum absolute atomic E-state index is 11.8. The van der Waals surface area contributed by atoms with Gasteiger partial charge >= 0.3 is 0 Å². The van der Waals surface area contributed by atoms with E-state index in [9.17, 15) is 4.79 Å². The fraction of sp³-hybridized carbons (Fsp3) is 0.417. The number of nitrogens with zero attached hydrogens (tertiary/aromatic N) is 1. The first-order valence-corrected chi connectivity index (χ1v) is 5.09. The van der Waals surface area contributed by atoms with Crippen LogP contribution in [0.2, 0.25) is 0 Å². The molecule has 0 radical (unpaired) electrons. The van der Waals surface area contributed by atoms with E-state index in [2.05, 4.69) is 4.90 Å². The summed E-state index contributed by atoms with van der Waals surface area (Å²) >= 11 is 0. The second-order valence-electron chi connectivity index (χ2n) is 3.93. The summed E-state index contributed by atoms with van der Waals surface area (Å²) in [7, 11) is 3.67. The molecule has 1 aromatic rings. The summed E-state index contributed by atoms with van der Waals surface area (Å²) in [6, 6.07) is 5.67. The zero-order valence-corrected chi connectivity index (χ0v) is 9.12. The monoisotopic (exact) mass is 205 g/mol. The van der Waals surface area contributed by atoms with Gasteiger partial charge in [-0.3, -0.25) is 4.79 Å². The summed E-state index contributed by atoms with van der Waals surface area (Å²) in [6.45, 7) is 1.65. The highest BCUT2D eigenvalue weighted by atomic mass is 16.5. The van der Waals surface area contributed by atoms with E-state index in [0.717, 1.165) is 30.0 Å². The van der Waals surface area contributed by atoms with Crippen LogP contribution in [0.5, 0.6) is 5.75 Å². The number of carbonyl (C=O) groups excluding carboxylic acids is 1. The Balaban J connectivity index is 2.43. The summed E-state index contributed by atoms with van der Waals surface area (Å²) in [4.78, 5) is 13.9. The van der Waals surface area contributed by atoms with Crippen molar-refractivity contribution in [2.75, 3.05) is 20.7 Å². The van der Waals surface area contributed by atoms with Gasteiger partial charge in [0.25, 0.3) is 0 Å². The Bertz CT molecular complexity index is 387. The van der Waals surface area contributed by atoms with Gasteiger partial charge in [0.05, 0.1) is 7.11 Å². The van der Waals surface area contributed by atoms with E-state index in [1.807, 2.05) is 25.2 Å². The molecule has 15 heavy (non-hydrogen) atoms. The van der Waals surface area contributed by atoms with Crippen molar-refractivity contribution < 1.29 is 9.53 Å². The van der Waals surface area contributed by atoms with Gasteiger partial charge in [0.15, 0.2) is 5.78 Å². The van der Waals surface area contributed by atoms with Crippen LogP contribution in [0, 0.1) is 0 Å². The summed E-state index contributed by atoms with van der Waals surface area (Å²) in [5.41, 5.74) is 1.92. The van der Waals surface area contributed by atoms with Crippen molar-refractivity contribution in [2.45, 2.75) is 13.0 Å². The van der Waals surface area contributed by atoms with Gasteiger partial charge in [-0.15, -0.1) is 0 Å². The third kappa shape index (κ3) is 2.02. The van der Waals surface area contributed by atoms with Crippen LogP contribution in [0.15, 0.2) is 18.2 Å². The number of hydrogen-bond donors (Lipinski definition) is 0. The minimum Gasteiger partial charge on any atom is -0.497 e. The first kappa shape index (κ1) is 10.2. The van der Waals surface area contributed by atoms with Crippen LogP contribution >= 0.6 is 0 Å². The third-order valence-corrected chi connectivity index (χ3v) is 2.77. The Morgan fingerprint density at radius 3 is 2.93 bits per heavy atom. The van der Waals surface area contributed by atoms with E-state index in [1.165, 1.54) is 0 Å². The Hall–Kier alpha value is -1.35. The molecule has 0 saturated heterocycles. The molecule has 0 unspecified atom stereocenters. The quantitative estimate of drug-likeness (QED) is 0.699. The van der Waals surface area contributed by atoms with E-state index < -0.39 is 0 Å². The molecule has 2 rings (SSSR count). The number of ketones is 1. The van der Waals surface area contributed by atoms with Crippen molar-refractivity contribution in [3.05, 3.63) is 29.3 Å². The highest BCUT2D eigenvalue weighted by molar-refractivity contribution is 5.98. The molecule has 0 spiro atoms. The van der Waals surface area contributed by atoms with Gasteiger partial charge in [-0.1, -0.05) is 0 Å². The molecule has 0 atom stereocenters. The fourth-order valence-electron chi connectivity index (χ4n) is 1.90. The van der Waals surface area contributed by atoms with Gasteiger partial charge in [0.1, 0.15) is 5.75 Å². The van der Waals surface area contributed by atoms with Crippen molar-refractivity contribution in [1.82, 2.24) is 4.90 Å². The van der Waals surface area contributed by atoms with Gasteiger partial charge < -0.3 is 9.64 Å². The van der Waals surface area contributed by atoms with Gasteiger partial charge in [0.2, 0.25) is 0 Å². The molecular formula is C12H15NO2. The van der Waals surface area contributed by atoms with E-state index >= 15 is 0 Å². The van der Waals surface area contributed by atoms with Crippen LogP contribution in [0.4, 0.5) is 0 Å². The topological polar surface area (TPSA) is 29.5 Å². The molecule has 0 aliphatic carbocycles. The lowest BCUT2D eigenvalue weighted by Crippen LogP contribution is -2.17. The van der Waals surface area contributed by atoms with Crippen molar-refractivity contribution in [3.8, 4) is 5.75 Å². The lowest BCUT2D eigenvalue weighted by atomic mass is 10.0.